The molecule has 1 amide bonds. The number of rotatable bonds is 2. The second-order valence-electron chi connectivity index (χ2n) is 5.33. The molecule has 3 heterocycles. The van der Waals surface area contributed by atoms with Gasteiger partial charge in [0.1, 0.15) is 17.1 Å². The van der Waals surface area contributed by atoms with Gasteiger partial charge in [0.15, 0.2) is 0 Å². The number of benzene rings is 1. The molecular formula is C15H15N5OS. The number of hydrogen-bond acceptors (Lipinski definition) is 5. The number of carbonyl (C=O) groups is 1. The monoisotopic (exact) mass is 313 g/mol. The van der Waals surface area contributed by atoms with Crippen LogP contribution < -0.4 is 11.1 Å². The number of aryl methyl sites for hydroxylation is 1. The minimum Gasteiger partial charge on any atom is -0.370 e. The van der Waals surface area contributed by atoms with E-state index in [1.807, 2.05) is 28.4 Å². The van der Waals surface area contributed by atoms with Gasteiger partial charge in [0.05, 0.1) is 15.7 Å². The second kappa shape index (κ2) is 5.10. The summed E-state index contributed by atoms with van der Waals surface area (Å²) in [5.41, 5.74) is 10.3. The third-order valence-electron chi connectivity index (χ3n) is 3.89. The highest BCUT2D eigenvalue weighted by atomic mass is 32.1. The van der Waals surface area contributed by atoms with Gasteiger partial charge in [-0.2, -0.15) is 5.10 Å². The summed E-state index contributed by atoms with van der Waals surface area (Å²) in [4.78, 5) is 16.3. The third-order valence-corrected chi connectivity index (χ3v) is 4.70. The number of amides is 1. The zero-order valence-corrected chi connectivity index (χ0v) is 12.7. The smallest absolute Gasteiger partial charge is 0.254 e. The summed E-state index contributed by atoms with van der Waals surface area (Å²) in [6.07, 6.45) is 2.09. The normalized spacial score (nSPS) is 14.4. The average Bonchev–Trinajstić information content (AvgIpc) is 3.05. The van der Waals surface area contributed by atoms with Crippen LogP contribution >= 0.6 is 11.3 Å². The first-order valence-corrected chi connectivity index (χ1v) is 8.10. The largest absolute Gasteiger partial charge is 0.370 e. The molecule has 1 aromatic carbocycles. The van der Waals surface area contributed by atoms with Crippen molar-refractivity contribution in [3.05, 3.63) is 29.3 Å². The molecule has 7 heteroatoms. The van der Waals surface area contributed by atoms with E-state index in [-0.39, 0.29) is 0 Å². The fourth-order valence-corrected chi connectivity index (χ4v) is 3.50. The number of primary amides is 1. The van der Waals surface area contributed by atoms with E-state index in [2.05, 4.69) is 15.4 Å². The molecule has 0 aliphatic carbocycles. The molecule has 6 nitrogen and oxygen atoms in total. The number of carbonyl (C=O) groups excluding carboxylic acids is 1. The average molecular weight is 313 g/mol. The van der Waals surface area contributed by atoms with E-state index in [9.17, 15) is 4.79 Å². The van der Waals surface area contributed by atoms with Crippen molar-refractivity contribution in [3.8, 4) is 11.3 Å². The van der Waals surface area contributed by atoms with E-state index in [1.165, 1.54) is 0 Å². The Morgan fingerprint density at radius 2 is 2.27 bits per heavy atom. The number of fused-ring (bicyclic) bond motifs is 2. The Labute approximate surface area is 131 Å². The number of aromatic nitrogens is 3. The summed E-state index contributed by atoms with van der Waals surface area (Å²) >= 11 is 1.59. The molecule has 0 unspecified atom stereocenters. The molecule has 0 radical (unpaired) electrons. The van der Waals surface area contributed by atoms with Gasteiger partial charge in [-0.15, -0.1) is 11.3 Å². The summed E-state index contributed by atoms with van der Waals surface area (Å²) in [7, 11) is 0. The van der Waals surface area contributed by atoms with Crippen molar-refractivity contribution in [3.63, 3.8) is 0 Å². The molecule has 2 aromatic heterocycles. The van der Waals surface area contributed by atoms with Gasteiger partial charge < -0.3 is 11.1 Å². The van der Waals surface area contributed by atoms with Crippen LogP contribution in [0.3, 0.4) is 0 Å². The van der Waals surface area contributed by atoms with Gasteiger partial charge in [0.25, 0.3) is 5.91 Å². The first-order chi connectivity index (χ1) is 10.7. The lowest BCUT2D eigenvalue weighted by Crippen LogP contribution is -2.15. The fourth-order valence-electron chi connectivity index (χ4n) is 2.84. The van der Waals surface area contributed by atoms with Crippen LogP contribution in [0.4, 0.5) is 5.82 Å². The molecule has 3 aromatic rings. The van der Waals surface area contributed by atoms with Gasteiger partial charge in [-0.25, -0.2) is 9.67 Å². The van der Waals surface area contributed by atoms with E-state index in [0.717, 1.165) is 47.5 Å². The van der Waals surface area contributed by atoms with Crippen molar-refractivity contribution in [1.82, 2.24) is 14.8 Å². The molecule has 0 atom stereocenters. The lowest BCUT2D eigenvalue weighted by atomic mass is 10.1. The van der Waals surface area contributed by atoms with Crippen molar-refractivity contribution in [2.75, 3.05) is 11.9 Å². The lowest BCUT2D eigenvalue weighted by molar-refractivity contribution is 0.100. The fraction of sp³-hybridized carbons (Fsp3) is 0.267. The maximum atomic E-state index is 12.0. The number of hydrogen-bond donors (Lipinski definition) is 2. The van der Waals surface area contributed by atoms with Gasteiger partial charge in [-0.1, -0.05) is 6.07 Å². The first-order valence-electron chi connectivity index (χ1n) is 7.22. The highest BCUT2D eigenvalue weighted by Crippen LogP contribution is 2.32. The maximum Gasteiger partial charge on any atom is 0.254 e. The van der Waals surface area contributed by atoms with Crippen molar-refractivity contribution in [2.45, 2.75) is 19.4 Å². The zero-order valence-electron chi connectivity index (χ0n) is 11.9. The molecule has 1 aliphatic heterocycles. The number of nitrogens with two attached hydrogens (primary N) is 1. The Kier molecular flexibility index (Phi) is 3.07. The molecule has 22 heavy (non-hydrogen) atoms. The summed E-state index contributed by atoms with van der Waals surface area (Å²) in [5, 5.41) is 7.91. The predicted molar refractivity (Wildman–Crippen MR) is 87.1 cm³/mol. The van der Waals surface area contributed by atoms with Crippen molar-refractivity contribution in [2.24, 2.45) is 5.73 Å². The summed E-state index contributed by atoms with van der Waals surface area (Å²) in [6.45, 7) is 1.62. The molecule has 0 bridgehead atoms. The van der Waals surface area contributed by atoms with Crippen LogP contribution in [0, 0.1) is 0 Å². The van der Waals surface area contributed by atoms with Gasteiger partial charge in [-0.3, -0.25) is 4.79 Å². The van der Waals surface area contributed by atoms with E-state index >= 15 is 0 Å². The molecule has 0 saturated carbocycles. The standard InChI is InChI=1S/C15H15N5OS/c16-14(21)12-13(19-20-6-2-1-5-17-15(12)20)9-3-4-11-10(7-9)18-8-22-11/h3-4,7-8,17H,1-2,5-6H2,(H2,16,21). The van der Waals surface area contributed by atoms with Crippen LogP contribution in [-0.2, 0) is 6.54 Å². The van der Waals surface area contributed by atoms with Crippen LogP contribution in [0.2, 0.25) is 0 Å². The second-order valence-corrected chi connectivity index (χ2v) is 6.21. The Bertz CT molecular complexity index is 866. The van der Waals surface area contributed by atoms with Crippen LogP contribution in [0.1, 0.15) is 23.2 Å². The summed E-state index contributed by atoms with van der Waals surface area (Å²) < 4.78 is 2.97. The number of thiazole rings is 1. The van der Waals surface area contributed by atoms with Crippen molar-refractivity contribution in [1.29, 1.82) is 0 Å². The van der Waals surface area contributed by atoms with E-state index < -0.39 is 5.91 Å². The SMILES string of the molecule is NC(=O)c1c(-c2ccc3scnc3c2)nn2c1NCCCC2. The lowest BCUT2D eigenvalue weighted by Gasteiger charge is -2.05. The third kappa shape index (κ3) is 2.05. The van der Waals surface area contributed by atoms with Gasteiger partial charge in [0.2, 0.25) is 0 Å². The molecule has 0 spiro atoms. The Balaban J connectivity index is 1.91. The molecule has 112 valence electrons. The van der Waals surface area contributed by atoms with Gasteiger partial charge >= 0.3 is 0 Å². The molecule has 3 N–H and O–H groups in total. The minimum atomic E-state index is -0.455. The number of anilines is 1. The van der Waals surface area contributed by atoms with Crippen molar-refractivity contribution < 1.29 is 4.79 Å². The Morgan fingerprint density at radius 1 is 1.36 bits per heavy atom. The van der Waals surface area contributed by atoms with Crippen LogP contribution in [0.25, 0.3) is 21.5 Å². The highest BCUT2D eigenvalue weighted by Gasteiger charge is 2.24. The number of nitrogens with zero attached hydrogens (tertiary/aromatic N) is 3. The predicted octanol–water partition coefficient (Wildman–Crippen LogP) is 2.46. The maximum absolute atomic E-state index is 12.0. The molecule has 0 saturated heterocycles. The number of nitrogens with one attached hydrogen (secondary N) is 1. The Hall–Kier alpha value is -2.41. The van der Waals surface area contributed by atoms with Crippen molar-refractivity contribution >= 4 is 33.3 Å². The molecule has 0 fully saturated rings. The minimum absolute atomic E-state index is 0.455. The van der Waals surface area contributed by atoms with Crippen LogP contribution in [0.15, 0.2) is 23.7 Å². The molecular weight excluding hydrogens is 298 g/mol. The van der Waals surface area contributed by atoms with Crippen LogP contribution in [-0.4, -0.2) is 27.2 Å². The van der Waals surface area contributed by atoms with Gasteiger partial charge in [-0.05, 0) is 25.0 Å². The zero-order chi connectivity index (χ0) is 15.1. The first kappa shape index (κ1) is 13.3. The van der Waals surface area contributed by atoms with E-state index in [1.54, 1.807) is 11.3 Å². The molecule has 1 aliphatic rings. The van der Waals surface area contributed by atoms with E-state index in [0.29, 0.717) is 11.3 Å². The highest BCUT2D eigenvalue weighted by molar-refractivity contribution is 7.16. The topological polar surface area (TPSA) is 85.8 Å². The van der Waals surface area contributed by atoms with Gasteiger partial charge in [0, 0.05) is 18.7 Å². The van der Waals surface area contributed by atoms with E-state index in [4.69, 9.17) is 5.73 Å². The summed E-state index contributed by atoms with van der Waals surface area (Å²) in [5.74, 6) is 0.280. The summed E-state index contributed by atoms with van der Waals surface area (Å²) in [6, 6.07) is 5.93. The van der Waals surface area contributed by atoms with Crippen LogP contribution in [0.5, 0.6) is 0 Å². The Morgan fingerprint density at radius 3 is 3.14 bits per heavy atom. The quantitative estimate of drug-likeness (QED) is 0.761. The molecule has 4 rings (SSSR count).